The topological polar surface area (TPSA) is 52.5 Å². The Balaban J connectivity index is 1.51. The first-order chi connectivity index (χ1) is 9.50. The van der Waals surface area contributed by atoms with Crippen LogP contribution in [-0.4, -0.2) is 23.4 Å². The van der Waals surface area contributed by atoms with Crippen molar-refractivity contribution < 1.29 is 13.2 Å². The van der Waals surface area contributed by atoms with Gasteiger partial charge in [0, 0.05) is 30.7 Å². The van der Waals surface area contributed by atoms with Crippen LogP contribution in [0.4, 0.5) is 13.2 Å². The summed E-state index contributed by atoms with van der Waals surface area (Å²) in [4.78, 5) is 3.21. The summed E-state index contributed by atoms with van der Waals surface area (Å²) in [6.07, 6.45) is -4.54. The van der Waals surface area contributed by atoms with Crippen molar-refractivity contribution in [1.82, 2.24) is 10.3 Å². The molecule has 0 aliphatic carbocycles. The minimum Gasteiger partial charge on any atom is -0.357 e. The first-order valence-electron chi connectivity index (χ1n) is 6.28. The molecular formula is C13H13F3N4. The highest BCUT2D eigenvalue weighted by atomic mass is 19.4. The Morgan fingerprint density at radius 2 is 1.95 bits per heavy atom. The van der Waals surface area contributed by atoms with E-state index in [-0.39, 0.29) is 13.0 Å². The van der Waals surface area contributed by atoms with Crippen molar-refractivity contribution in [1.29, 1.82) is 0 Å². The monoisotopic (exact) mass is 282 g/mol. The van der Waals surface area contributed by atoms with Crippen LogP contribution in [0.1, 0.15) is 12.1 Å². The summed E-state index contributed by atoms with van der Waals surface area (Å²) in [5.41, 5.74) is -0.194. The number of fused-ring (bicyclic) bond motifs is 1. The number of hydrogen-bond acceptors (Lipinski definition) is 3. The minimum atomic E-state index is -4.38. The Bertz CT molecular complexity index is 605. The fourth-order valence-corrected chi connectivity index (χ4v) is 2.13. The Hall–Kier alpha value is -1.89. The molecule has 1 aromatic carbocycles. The van der Waals surface area contributed by atoms with Crippen LogP contribution in [0.3, 0.4) is 0 Å². The number of alkyl halides is 3. The van der Waals surface area contributed by atoms with E-state index >= 15 is 0 Å². The van der Waals surface area contributed by atoms with E-state index in [1.54, 1.807) is 0 Å². The van der Waals surface area contributed by atoms with Gasteiger partial charge in [0.2, 0.25) is 0 Å². The van der Waals surface area contributed by atoms with E-state index in [0.717, 1.165) is 16.6 Å². The van der Waals surface area contributed by atoms with Gasteiger partial charge in [0.15, 0.2) is 0 Å². The molecule has 0 saturated heterocycles. The number of H-pyrrole nitrogens is 1. The van der Waals surface area contributed by atoms with Crippen molar-refractivity contribution in [2.45, 2.75) is 24.8 Å². The molecule has 0 radical (unpaired) electrons. The lowest BCUT2D eigenvalue weighted by molar-refractivity contribution is -0.164. The summed E-state index contributed by atoms with van der Waals surface area (Å²) < 4.78 is 37.7. The van der Waals surface area contributed by atoms with Crippen LogP contribution < -0.4 is 5.32 Å². The molecule has 0 amide bonds. The number of hydrogen-bond donors (Lipinski definition) is 2. The Labute approximate surface area is 113 Å². The predicted octanol–water partition coefficient (Wildman–Crippen LogP) is 3.37. The molecule has 3 rings (SSSR count). The van der Waals surface area contributed by atoms with Crippen LogP contribution in [0.2, 0.25) is 0 Å². The third kappa shape index (κ3) is 2.40. The lowest BCUT2D eigenvalue weighted by Crippen LogP contribution is -2.35. The maximum absolute atomic E-state index is 12.6. The molecule has 0 saturated carbocycles. The van der Waals surface area contributed by atoms with E-state index in [1.807, 2.05) is 30.3 Å². The lowest BCUT2D eigenvalue weighted by atomic mass is 10.1. The van der Waals surface area contributed by atoms with Gasteiger partial charge in [-0.25, -0.2) is 0 Å². The molecule has 2 heterocycles. The first kappa shape index (κ1) is 13.1. The zero-order valence-corrected chi connectivity index (χ0v) is 10.5. The van der Waals surface area contributed by atoms with Crippen molar-refractivity contribution >= 4 is 10.9 Å². The fourth-order valence-electron chi connectivity index (χ4n) is 2.13. The average molecular weight is 282 g/mol. The van der Waals surface area contributed by atoms with Crippen molar-refractivity contribution in [2.24, 2.45) is 10.2 Å². The van der Waals surface area contributed by atoms with E-state index in [0.29, 0.717) is 6.54 Å². The van der Waals surface area contributed by atoms with Crippen LogP contribution >= 0.6 is 0 Å². The summed E-state index contributed by atoms with van der Waals surface area (Å²) in [5.74, 6) is 0. The van der Waals surface area contributed by atoms with E-state index in [2.05, 4.69) is 20.5 Å². The second kappa shape index (κ2) is 4.59. The lowest BCUT2D eigenvalue weighted by Gasteiger charge is -2.14. The average Bonchev–Trinajstić information content (AvgIpc) is 3.08. The number of rotatable bonds is 5. The summed E-state index contributed by atoms with van der Waals surface area (Å²) in [6.45, 7) is 0.699. The normalized spacial score (nSPS) is 16.8. The number of nitrogens with one attached hydrogen (secondary N) is 2. The largest absolute Gasteiger partial charge is 0.437 e. The molecule has 106 valence electrons. The molecule has 4 nitrogen and oxygen atoms in total. The van der Waals surface area contributed by atoms with Gasteiger partial charge in [0.05, 0.1) is 0 Å². The van der Waals surface area contributed by atoms with Crippen molar-refractivity contribution in [3.8, 4) is 0 Å². The van der Waals surface area contributed by atoms with E-state index in [9.17, 15) is 13.2 Å². The molecule has 1 aliphatic heterocycles. The first-order valence-corrected chi connectivity index (χ1v) is 6.28. The molecule has 1 aromatic heterocycles. The van der Waals surface area contributed by atoms with Gasteiger partial charge >= 0.3 is 6.18 Å². The van der Waals surface area contributed by atoms with E-state index < -0.39 is 11.8 Å². The van der Waals surface area contributed by atoms with Crippen LogP contribution in [0, 0.1) is 0 Å². The number of nitrogens with zero attached hydrogens (tertiary/aromatic N) is 2. The third-order valence-corrected chi connectivity index (χ3v) is 3.35. The summed E-state index contributed by atoms with van der Waals surface area (Å²) >= 11 is 0. The van der Waals surface area contributed by atoms with E-state index in [1.165, 1.54) is 0 Å². The Morgan fingerprint density at radius 1 is 1.20 bits per heavy atom. The number of halogens is 3. The molecule has 1 aliphatic rings. The van der Waals surface area contributed by atoms with Crippen LogP contribution in [0.25, 0.3) is 10.9 Å². The van der Waals surface area contributed by atoms with Crippen LogP contribution in [0.5, 0.6) is 0 Å². The highest BCUT2D eigenvalue weighted by molar-refractivity contribution is 5.80. The smallest absolute Gasteiger partial charge is 0.357 e. The summed E-state index contributed by atoms with van der Waals surface area (Å²) in [7, 11) is 0. The maximum atomic E-state index is 12.6. The number of para-hydroxylation sites is 1. The SMILES string of the molecule is FC(F)(F)C1(CCNCc2cc3ccccc3[nH]2)N=N1. The van der Waals surface area contributed by atoms with Crippen LogP contribution in [-0.2, 0) is 6.54 Å². The molecule has 0 fully saturated rings. The molecule has 0 spiro atoms. The summed E-state index contributed by atoms with van der Waals surface area (Å²) in [5, 5.41) is 10.3. The molecule has 0 bridgehead atoms. The Morgan fingerprint density at radius 3 is 2.60 bits per heavy atom. The van der Waals surface area contributed by atoms with Gasteiger partial charge in [-0.1, -0.05) is 18.2 Å². The number of benzene rings is 1. The highest BCUT2D eigenvalue weighted by Gasteiger charge is 2.63. The molecule has 7 heteroatoms. The van der Waals surface area contributed by atoms with Crippen molar-refractivity contribution in [2.75, 3.05) is 6.54 Å². The predicted molar refractivity (Wildman–Crippen MR) is 68.3 cm³/mol. The van der Waals surface area contributed by atoms with Crippen molar-refractivity contribution in [3.05, 3.63) is 36.0 Å². The highest BCUT2D eigenvalue weighted by Crippen LogP contribution is 2.46. The Kier molecular flexibility index (Phi) is 3.01. The quantitative estimate of drug-likeness (QED) is 0.812. The third-order valence-electron chi connectivity index (χ3n) is 3.35. The van der Waals surface area contributed by atoms with Gasteiger partial charge in [-0.05, 0) is 17.5 Å². The second-order valence-corrected chi connectivity index (χ2v) is 4.82. The molecule has 2 aromatic rings. The molecule has 2 N–H and O–H groups in total. The van der Waals surface area contributed by atoms with E-state index in [4.69, 9.17) is 0 Å². The van der Waals surface area contributed by atoms with Crippen LogP contribution in [0.15, 0.2) is 40.6 Å². The molecule has 20 heavy (non-hydrogen) atoms. The fraction of sp³-hybridized carbons (Fsp3) is 0.385. The van der Waals surface area contributed by atoms with Gasteiger partial charge < -0.3 is 10.3 Å². The minimum absolute atomic E-state index is 0.156. The molecule has 0 unspecified atom stereocenters. The van der Waals surface area contributed by atoms with Gasteiger partial charge in [0.1, 0.15) is 0 Å². The summed E-state index contributed by atoms with van der Waals surface area (Å²) in [6, 6.07) is 9.79. The van der Waals surface area contributed by atoms with Gasteiger partial charge in [-0.15, -0.1) is 10.2 Å². The molecule has 0 atom stereocenters. The van der Waals surface area contributed by atoms with Gasteiger partial charge in [-0.3, -0.25) is 0 Å². The molecular weight excluding hydrogens is 269 g/mol. The maximum Gasteiger partial charge on any atom is 0.437 e. The van der Waals surface area contributed by atoms with Gasteiger partial charge in [0.25, 0.3) is 5.66 Å². The second-order valence-electron chi connectivity index (χ2n) is 4.82. The zero-order chi connectivity index (χ0) is 14.2. The number of aromatic nitrogens is 1. The standard InChI is InChI=1S/C13H13F3N4/c14-13(15,16)12(19-20-12)5-6-17-8-10-7-9-3-1-2-4-11(9)18-10/h1-4,7,17-18H,5-6,8H2. The van der Waals surface area contributed by atoms with Crippen molar-refractivity contribution in [3.63, 3.8) is 0 Å². The van der Waals surface area contributed by atoms with Gasteiger partial charge in [-0.2, -0.15) is 13.2 Å². The number of aromatic amines is 1. The zero-order valence-electron chi connectivity index (χ0n) is 10.5.